The minimum absolute atomic E-state index is 0.0207. The van der Waals surface area contributed by atoms with Gasteiger partial charge in [-0.1, -0.05) is 67.9 Å². The molecule has 1 heterocycles. The zero-order valence-electron chi connectivity index (χ0n) is 48.3. The number of amides is 10. The Morgan fingerprint density at radius 2 is 1.19 bits per heavy atom. The van der Waals surface area contributed by atoms with E-state index in [0.717, 1.165) is 6.42 Å². The Bertz CT molecular complexity index is 2020. The molecular formula is C53H95N11O11. The molecule has 0 aliphatic carbocycles. The summed E-state index contributed by atoms with van der Waals surface area (Å²) < 4.78 is 0. The van der Waals surface area contributed by atoms with Crippen molar-refractivity contribution < 1.29 is 53.1 Å². The fourth-order valence-electron chi connectivity index (χ4n) is 7.98. The van der Waals surface area contributed by atoms with Crippen LogP contribution in [0.1, 0.15) is 149 Å². The van der Waals surface area contributed by atoms with Crippen LogP contribution in [0, 0.1) is 23.7 Å². The molecular weight excluding hydrogens is 967 g/mol. The Labute approximate surface area is 446 Å². The van der Waals surface area contributed by atoms with E-state index < -0.39 is 106 Å². The fraction of sp³-hybridized carbons (Fsp3) is 0.774. The molecule has 0 aromatic carbocycles. The number of aliphatic hydroxyl groups is 1. The molecule has 1 aliphatic rings. The van der Waals surface area contributed by atoms with Gasteiger partial charge in [0, 0.05) is 32.1 Å². The van der Waals surface area contributed by atoms with Gasteiger partial charge in [0.1, 0.15) is 46.8 Å². The van der Waals surface area contributed by atoms with Gasteiger partial charge in [0.15, 0.2) is 0 Å². The predicted octanol–water partition coefficient (Wildman–Crippen LogP) is 0.905. The molecule has 1 rings (SSSR count). The molecule has 0 radical (unpaired) electrons. The van der Waals surface area contributed by atoms with Gasteiger partial charge in [-0.2, -0.15) is 0 Å². The van der Waals surface area contributed by atoms with E-state index in [0.29, 0.717) is 25.9 Å². The lowest BCUT2D eigenvalue weighted by Gasteiger charge is -2.34. The summed E-state index contributed by atoms with van der Waals surface area (Å²) in [5.74, 6) is -6.98. The summed E-state index contributed by atoms with van der Waals surface area (Å²) in [7, 11) is 3.78. The first-order chi connectivity index (χ1) is 34.4. The van der Waals surface area contributed by atoms with Crippen molar-refractivity contribution in [3.05, 3.63) is 12.2 Å². The number of hydrogen-bond donors (Lipinski definition) is 10. The number of rotatable bonds is 30. The van der Waals surface area contributed by atoms with Gasteiger partial charge in [-0.3, -0.25) is 47.9 Å². The monoisotopic (exact) mass is 1060 g/mol. The number of likely N-dealkylation sites (tertiary alicyclic amines) is 1. The average molecular weight is 1060 g/mol. The standard InChI is InChI=1S/C53H95N11O11/c1-19-33(8)22-23-40(66)64-26-20-21-38(64)46(71)56-35(10)43(68)59-41(42(67)32(6)7)47(72)61-52(13,14)49(74)58-36(27-30(2)3)44(69)57-37(28-31(4)5)45(70)60-53(15,16)50(75)62-51(11,12)48(73)54-25-24-39(65)55-34(9)29-63(17)18/h22-23,30-38,41-42,67H,19-21,24-29H2,1-18H3,(H,54,73)(H,55,65)(H,56,71)(H,57,69)(H,58,74)(H,59,68)(H,60,70)(H,61,72)(H,62,75)/b23-22+/t33-,34-,35-,36-,37-,38-,41-,42+/m0/s1. The van der Waals surface area contributed by atoms with Crippen molar-refractivity contribution in [2.45, 2.75) is 208 Å². The van der Waals surface area contributed by atoms with Gasteiger partial charge >= 0.3 is 0 Å². The molecule has 10 amide bonds. The number of carbonyl (C=O) groups excluding carboxylic acids is 10. The van der Waals surface area contributed by atoms with Gasteiger partial charge in [-0.05, 0) is 125 Å². The van der Waals surface area contributed by atoms with E-state index in [1.54, 1.807) is 19.9 Å². The molecule has 8 atom stereocenters. The summed E-state index contributed by atoms with van der Waals surface area (Å²) in [5, 5.41) is 35.3. The highest BCUT2D eigenvalue weighted by molar-refractivity contribution is 6.00. The number of carbonyl (C=O) groups is 10. The molecule has 1 aliphatic heterocycles. The van der Waals surface area contributed by atoms with Crippen LogP contribution in [0.4, 0.5) is 0 Å². The molecule has 22 heteroatoms. The molecule has 0 aromatic heterocycles. The van der Waals surface area contributed by atoms with E-state index >= 15 is 0 Å². The lowest BCUT2D eigenvalue weighted by molar-refractivity contribution is -0.140. The smallest absolute Gasteiger partial charge is 0.246 e. The molecule has 0 spiro atoms. The SMILES string of the molecule is CC[C@H](C)/C=C/C(=O)N1CCC[C@H]1C(=O)N[C@@H](C)C(=O)N[C@H](C(=O)NC(C)(C)C(=O)N[C@@H](CC(C)C)C(=O)N[C@@H](CC(C)C)C(=O)NC(C)(C)C(=O)NC(C)(C)C(=O)NCCC(=O)N[C@@H](C)CN(C)C)[C@H](O)C(C)C. The van der Waals surface area contributed by atoms with E-state index in [-0.39, 0.29) is 61.4 Å². The molecule has 10 N–H and O–H groups in total. The Hall–Kier alpha value is -5.64. The maximum Gasteiger partial charge on any atom is 0.246 e. The highest BCUT2D eigenvalue weighted by Crippen LogP contribution is 2.20. The number of allylic oxidation sites excluding steroid dienone is 1. The fourth-order valence-corrected chi connectivity index (χ4v) is 7.98. The van der Waals surface area contributed by atoms with Crippen molar-refractivity contribution in [3.63, 3.8) is 0 Å². The molecule has 75 heavy (non-hydrogen) atoms. The molecule has 1 fully saturated rings. The lowest BCUT2D eigenvalue weighted by atomic mass is 9.95. The topological polar surface area (TPSA) is 306 Å². The predicted molar refractivity (Wildman–Crippen MR) is 287 cm³/mol. The maximum atomic E-state index is 14.1. The molecule has 22 nitrogen and oxygen atoms in total. The Morgan fingerprint density at radius 1 is 0.653 bits per heavy atom. The minimum atomic E-state index is -1.75. The Kier molecular flexibility index (Phi) is 27.1. The van der Waals surface area contributed by atoms with E-state index in [4.69, 9.17) is 0 Å². The van der Waals surface area contributed by atoms with Crippen LogP contribution in [0.2, 0.25) is 0 Å². The quantitative estimate of drug-likeness (QED) is 0.0449. The zero-order chi connectivity index (χ0) is 57.9. The van der Waals surface area contributed by atoms with Crippen molar-refractivity contribution in [3.8, 4) is 0 Å². The van der Waals surface area contributed by atoms with Crippen molar-refractivity contribution in [1.29, 1.82) is 0 Å². The lowest BCUT2D eigenvalue weighted by Crippen LogP contribution is -2.66. The van der Waals surface area contributed by atoms with Crippen molar-refractivity contribution in [2.75, 3.05) is 33.7 Å². The van der Waals surface area contributed by atoms with E-state index in [1.807, 2.05) is 67.5 Å². The van der Waals surface area contributed by atoms with Crippen molar-refractivity contribution >= 4 is 59.1 Å². The number of nitrogens with zero attached hydrogens (tertiary/aromatic N) is 2. The third kappa shape index (κ3) is 23.0. The Morgan fingerprint density at radius 3 is 1.72 bits per heavy atom. The van der Waals surface area contributed by atoms with Crippen LogP contribution < -0.4 is 47.9 Å². The number of hydrogen-bond acceptors (Lipinski definition) is 12. The Balaban J connectivity index is 3.15. The van der Waals surface area contributed by atoms with Gasteiger partial charge < -0.3 is 62.8 Å². The summed E-state index contributed by atoms with van der Waals surface area (Å²) in [6, 6.07) is -6.09. The first-order valence-electron chi connectivity index (χ1n) is 26.5. The highest BCUT2D eigenvalue weighted by atomic mass is 16.3. The van der Waals surface area contributed by atoms with Crippen LogP contribution in [0.25, 0.3) is 0 Å². The van der Waals surface area contributed by atoms with Gasteiger partial charge in [-0.25, -0.2) is 0 Å². The molecule has 0 bridgehead atoms. The van der Waals surface area contributed by atoms with Crippen LogP contribution in [0.15, 0.2) is 12.2 Å². The van der Waals surface area contributed by atoms with Crippen LogP contribution in [-0.2, 0) is 47.9 Å². The first kappa shape index (κ1) is 67.4. The van der Waals surface area contributed by atoms with Crippen molar-refractivity contribution in [1.82, 2.24) is 57.7 Å². The van der Waals surface area contributed by atoms with Gasteiger partial charge in [-0.15, -0.1) is 0 Å². The van der Waals surface area contributed by atoms with E-state index in [2.05, 4.69) is 47.9 Å². The molecule has 0 unspecified atom stereocenters. The van der Waals surface area contributed by atoms with Crippen LogP contribution >= 0.6 is 0 Å². The summed E-state index contributed by atoms with van der Waals surface area (Å²) in [5.41, 5.74) is -4.80. The second-order valence-electron chi connectivity index (χ2n) is 23.3. The maximum absolute atomic E-state index is 14.1. The van der Waals surface area contributed by atoms with Crippen LogP contribution in [-0.4, -0.2) is 167 Å². The summed E-state index contributed by atoms with van der Waals surface area (Å²) in [4.78, 5) is 139. The molecule has 428 valence electrons. The van der Waals surface area contributed by atoms with Crippen LogP contribution in [0.3, 0.4) is 0 Å². The van der Waals surface area contributed by atoms with Gasteiger partial charge in [0.05, 0.1) is 6.10 Å². The van der Waals surface area contributed by atoms with E-state index in [1.165, 1.54) is 59.4 Å². The summed E-state index contributed by atoms with van der Waals surface area (Å²) in [6.07, 6.45) is 3.91. The number of likely N-dealkylation sites (N-methyl/N-ethyl adjacent to an activating group) is 1. The van der Waals surface area contributed by atoms with E-state index in [9.17, 15) is 53.1 Å². The summed E-state index contributed by atoms with van der Waals surface area (Å²) in [6.45, 7) is 27.5. The molecule has 0 saturated carbocycles. The normalized spacial score (nSPS) is 17.1. The summed E-state index contributed by atoms with van der Waals surface area (Å²) >= 11 is 0. The molecule has 0 aromatic rings. The van der Waals surface area contributed by atoms with Gasteiger partial charge in [0.2, 0.25) is 59.1 Å². The second kappa shape index (κ2) is 30.2. The van der Waals surface area contributed by atoms with Crippen LogP contribution in [0.5, 0.6) is 0 Å². The average Bonchev–Trinajstić information content (AvgIpc) is 3.78. The zero-order valence-corrected chi connectivity index (χ0v) is 48.3. The minimum Gasteiger partial charge on any atom is -0.390 e. The highest BCUT2D eigenvalue weighted by Gasteiger charge is 2.42. The molecule has 1 saturated heterocycles. The first-order valence-corrected chi connectivity index (χ1v) is 26.5. The van der Waals surface area contributed by atoms with Gasteiger partial charge in [0.25, 0.3) is 0 Å². The van der Waals surface area contributed by atoms with Crippen molar-refractivity contribution in [2.24, 2.45) is 23.7 Å². The third-order valence-electron chi connectivity index (χ3n) is 12.8. The third-order valence-corrected chi connectivity index (χ3v) is 12.8. The number of nitrogens with one attached hydrogen (secondary N) is 9. The second-order valence-corrected chi connectivity index (χ2v) is 23.3. The largest absolute Gasteiger partial charge is 0.390 e. The number of aliphatic hydroxyl groups excluding tert-OH is 1.